The number of rotatable bonds is 3. The summed E-state index contributed by atoms with van der Waals surface area (Å²) in [5.74, 6) is -0.410. The van der Waals surface area contributed by atoms with E-state index < -0.39 is 0 Å². The van der Waals surface area contributed by atoms with Gasteiger partial charge in [-0.25, -0.2) is 9.67 Å². The number of hydrogen-bond acceptors (Lipinski definition) is 7. The second-order valence-electron chi connectivity index (χ2n) is 5.98. The summed E-state index contributed by atoms with van der Waals surface area (Å²) in [7, 11) is 1.51. The monoisotopic (exact) mass is 401 g/mol. The molecule has 0 atom stereocenters. The lowest BCUT2D eigenvalue weighted by Crippen LogP contribution is -2.37. The van der Waals surface area contributed by atoms with Crippen molar-refractivity contribution in [3.05, 3.63) is 61.1 Å². The average Bonchev–Trinajstić information content (AvgIpc) is 3.32. The Balaban J connectivity index is 1.49. The molecule has 2 amide bonds. The van der Waals surface area contributed by atoms with Crippen molar-refractivity contribution in [3.8, 4) is 0 Å². The summed E-state index contributed by atoms with van der Waals surface area (Å²) in [6.07, 6.45) is 0.609. The van der Waals surface area contributed by atoms with Gasteiger partial charge in [0, 0.05) is 31.0 Å². The molecule has 138 valence electrons. The lowest BCUT2D eigenvalue weighted by Gasteiger charge is -2.25. The maximum Gasteiger partial charge on any atom is 0.274 e. The van der Waals surface area contributed by atoms with E-state index in [2.05, 4.69) is 15.4 Å². The van der Waals surface area contributed by atoms with Gasteiger partial charge in [0.05, 0.1) is 17.1 Å². The molecule has 4 rings (SSSR count). The third-order valence-electron chi connectivity index (χ3n) is 4.16. The van der Waals surface area contributed by atoms with Gasteiger partial charge in [-0.15, -0.1) is 11.3 Å². The van der Waals surface area contributed by atoms with Crippen LogP contribution in [0.25, 0.3) is 0 Å². The largest absolute Gasteiger partial charge is 0.332 e. The van der Waals surface area contributed by atoms with Gasteiger partial charge in [0.15, 0.2) is 5.13 Å². The fraction of sp³-hybridized carbons (Fsp3) is 0.235. The summed E-state index contributed by atoms with van der Waals surface area (Å²) < 4.78 is 1.15. The lowest BCUT2D eigenvalue weighted by atomic mass is 10.1. The van der Waals surface area contributed by atoms with Crippen molar-refractivity contribution < 1.29 is 9.59 Å². The zero-order chi connectivity index (χ0) is 19.0. The van der Waals surface area contributed by atoms with Gasteiger partial charge in [-0.1, -0.05) is 17.4 Å². The summed E-state index contributed by atoms with van der Waals surface area (Å²) >= 11 is 2.74. The SMILES string of the molecule is Cn1nc(C(=O)N2CCc3nc(NC(=O)c4cccs4)sc3C2)ccc1=O. The number of thiazole rings is 1. The predicted octanol–water partition coefficient (Wildman–Crippen LogP) is 1.75. The van der Waals surface area contributed by atoms with Gasteiger partial charge in [-0.2, -0.15) is 5.10 Å². The summed E-state index contributed by atoms with van der Waals surface area (Å²) in [6, 6.07) is 6.36. The standard InChI is InChI=1S/C17H15N5O3S2/c1-21-14(23)5-4-11(20-21)16(25)22-7-6-10-13(9-22)27-17(18-10)19-15(24)12-3-2-8-26-12/h2-5,8H,6-7,9H2,1H3,(H,18,19,24). The van der Waals surface area contributed by atoms with Crippen LogP contribution in [0.4, 0.5) is 5.13 Å². The van der Waals surface area contributed by atoms with Crippen molar-refractivity contribution in [3.63, 3.8) is 0 Å². The number of amides is 2. The molecule has 1 N–H and O–H groups in total. The van der Waals surface area contributed by atoms with Crippen LogP contribution in [0.3, 0.4) is 0 Å². The highest BCUT2D eigenvalue weighted by Crippen LogP contribution is 2.29. The Labute approximate surface area is 162 Å². The molecule has 1 aliphatic heterocycles. The molecule has 0 saturated heterocycles. The third kappa shape index (κ3) is 3.53. The number of carbonyl (C=O) groups is 2. The van der Waals surface area contributed by atoms with Crippen LogP contribution in [-0.4, -0.2) is 38.0 Å². The van der Waals surface area contributed by atoms with Gasteiger partial charge < -0.3 is 4.90 Å². The van der Waals surface area contributed by atoms with E-state index in [1.807, 2.05) is 11.4 Å². The number of carbonyl (C=O) groups excluding carboxylic acids is 2. The first-order valence-electron chi connectivity index (χ1n) is 8.18. The number of anilines is 1. The number of hydrogen-bond donors (Lipinski definition) is 1. The van der Waals surface area contributed by atoms with Crippen molar-refractivity contribution in [1.82, 2.24) is 19.7 Å². The highest BCUT2D eigenvalue weighted by molar-refractivity contribution is 7.16. The summed E-state index contributed by atoms with van der Waals surface area (Å²) in [4.78, 5) is 44.0. The van der Waals surface area contributed by atoms with Crippen LogP contribution in [-0.2, 0) is 20.0 Å². The smallest absolute Gasteiger partial charge is 0.274 e. The molecule has 0 fully saturated rings. The minimum Gasteiger partial charge on any atom is -0.332 e. The highest BCUT2D eigenvalue weighted by Gasteiger charge is 2.26. The molecular formula is C17H15N5O3S2. The first kappa shape index (κ1) is 17.6. The van der Waals surface area contributed by atoms with E-state index in [9.17, 15) is 14.4 Å². The maximum atomic E-state index is 12.7. The first-order chi connectivity index (χ1) is 13.0. The zero-order valence-electron chi connectivity index (χ0n) is 14.3. The van der Waals surface area contributed by atoms with Gasteiger partial charge in [-0.3, -0.25) is 19.7 Å². The van der Waals surface area contributed by atoms with Crippen LogP contribution < -0.4 is 10.9 Å². The molecule has 4 heterocycles. The van der Waals surface area contributed by atoms with Crippen molar-refractivity contribution in [2.45, 2.75) is 13.0 Å². The molecule has 27 heavy (non-hydrogen) atoms. The number of nitrogens with zero attached hydrogens (tertiary/aromatic N) is 4. The second kappa shape index (κ2) is 7.05. The summed E-state index contributed by atoms with van der Waals surface area (Å²) in [5, 5.41) is 9.22. The molecule has 0 radical (unpaired) electrons. The fourth-order valence-electron chi connectivity index (χ4n) is 2.77. The average molecular weight is 401 g/mol. The van der Waals surface area contributed by atoms with Crippen molar-refractivity contribution in [1.29, 1.82) is 0 Å². The van der Waals surface area contributed by atoms with Gasteiger partial charge in [0.1, 0.15) is 5.69 Å². The van der Waals surface area contributed by atoms with E-state index in [-0.39, 0.29) is 23.1 Å². The van der Waals surface area contributed by atoms with Gasteiger partial charge in [0.25, 0.3) is 17.4 Å². The van der Waals surface area contributed by atoms with Crippen molar-refractivity contribution >= 4 is 39.6 Å². The lowest BCUT2D eigenvalue weighted by molar-refractivity contribution is 0.0727. The molecule has 10 heteroatoms. The number of aromatic nitrogens is 3. The molecule has 0 aromatic carbocycles. The van der Waals surface area contributed by atoms with Gasteiger partial charge in [-0.05, 0) is 17.5 Å². The van der Waals surface area contributed by atoms with E-state index in [1.165, 1.54) is 41.9 Å². The summed E-state index contributed by atoms with van der Waals surface area (Å²) in [5.41, 5.74) is 0.872. The topological polar surface area (TPSA) is 97.2 Å². The van der Waals surface area contributed by atoms with Crippen LogP contribution >= 0.6 is 22.7 Å². The van der Waals surface area contributed by atoms with Gasteiger partial charge >= 0.3 is 0 Å². The molecule has 0 saturated carbocycles. The molecule has 3 aromatic heterocycles. The first-order valence-corrected chi connectivity index (χ1v) is 9.88. The number of aryl methyl sites for hydroxylation is 1. The molecule has 3 aromatic rings. The molecule has 1 aliphatic rings. The Kier molecular flexibility index (Phi) is 4.58. The van der Waals surface area contributed by atoms with E-state index in [0.29, 0.717) is 29.5 Å². The third-order valence-corrected chi connectivity index (χ3v) is 6.03. The molecular weight excluding hydrogens is 386 g/mol. The Morgan fingerprint density at radius 2 is 2.11 bits per heavy atom. The van der Waals surface area contributed by atoms with E-state index in [0.717, 1.165) is 15.3 Å². The number of nitrogens with one attached hydrogen (secondary N) is 1. The number of fused-ring (bicyclic) bond motifs is 1. The zero-order valence-corrected chi connectivity index (χ0v) is 16.0. The van der Waals surface area contributed by atoms with Crippen LogP contribution in [0, 0.1) is 0 Å². The molecule has 8 nitrogen and oxygen atoms in total. The molecule has 0 aliphatic carbocycles. The van der Waals surface area contributed by atoms with E-state index in [4.69, 9.17) is 0 Å². The van der Waals surface area contributed by atoms with Crippen molar-refractivity contribution in [2.75, 3.05) is 11.9 Å². The Morgan fingerprint density at radius 1 is 1.26 bits per heavy atom. The summed E-state index contributed by atoms with van der Waals surface area (Å²) in [6.45, 7) is 0.920. The van der Waals surface area contributed by atoms with Crippen LogP contribution in [0.1, 0.15) is 30.7 Å². The normalized spacial score (nSPS) is 13.3. The minimum atomic E-state index is -0.263. The molecule has 0 unspecified atom stereocenters. The van der Waals surface area contributed by atoms with E-state index >= 15 is 0 Å². The molecule has 0 spiro atoms. The second-order valence-corrected chi connectivity index (χ2v) is 8.01. The Hall–Kier alpha value is -2.85. The fourth-order valence-corrected chi connectivity index (χ4v) is 4.40. The van der Waals surface area contributed by atoms with Crippen molar-refractivity contribution in [2.24, 2.45) is 7.05 Å². The Morgan fingerprint density at radius 3 is 2.85 bits per heavy atom. The van der Waals surface area contributed by atoms with Crippen LogP contribution in [0.2, 0.25) is 0 Å². The van der Waals surface area contributed by atoms with Crippen LogP contribution in [0.15, 0.2) is 34.4 Å². The maximum absolute atomic E-state index is 12.7. The van der Waals surface area contributed by atoms with Gasteiger partial charge in [0.2, 0.25) is 0 Å². The minimum absolute atomic E-state index is 0.182. The quantitative estimate of drug-likeness (QED) is 0.721. The number of thiophene rings is 1. The molecule has 0 bridgehead atoms. The highest BCUT2D eigenvalue weighted by atomic mass is 32.1. The van der Waals surface area contributed by atoms with Crippen LogP contribution in [0.5, 0.6) is 0 Å². The predicted molar refractivity (Wildman–Crippen MR) is 102 cm³/mol. The van der Waals surface area contributed by atoms with E-state index in [1.54, 1.807) is 11.0 Å². The Bertz CT molecular complexity index is 1070.